The van der Waals surface area contributed by atoms with Crippen LogP contribution in [0.5, 0.6) is 0 Å². The normalized spacial score (nSPS) is 15.3. The van der Waals surface area contributed by atoms with E-state index in [1.54, 1.807) is 12.4 Å². The lowest BCUT2D eigenvalue weighted by Gasteiger charge is -2.20. The Bertz CT molecular complexity index is 235. The number of nitrogens with one attached hydrogen (secondary N) is 1. The number of likely N-dealkylation sites (N-methyl/N-ethyl adjacent to an activating group) is 1. The first-order valence-electron chi connectivity index (χ1n) is 4.72. The maximum absolute atomic E-state index is 4.32. The van der Waals surface area contributed by atoms with Gasteiger partial charge in [0.2, 0.25) is 0 Å². The van der Waals surface area contributed by atoms with Gasteiger partial charge < -0.3 is 5.32 Å². The molecular formula is C10H17N3. The molecule has 1 aromatic rings. The summed E-state index contributed by atoms with van der Waals surface area (Å²) in [4.78, 5) is 8.40. The van der Waals surface area contributed by atoms with Crippen molar-refractivity contribution < 1.29 is 0 Å². The molecule has 0 aliphatic heterocycles. The Labute approximate surface area is 79.6 Å². The molecular weight excluding hydrogens is 162 g/mol. The molecule has 0 saturated carbocycles. The van der Waals surface area contributed by atoms with Crippen molar-refractivity contribution in [3.8, 4) is 0 Å². The SMILES string of the molecule is CCC(c1cnccn1)C(C)NC. The van der Waals surface area contributed by atoms with E-state index in [-0.39, 0.29) is 0 Å². The summed E-state index contributed by atoms with van der Waals surface area (Å²) < 4.78 is 0. The van der Waals surface area contributed by atoms with Crippen LogP contribution in [-0.2, 0) is 0 Å². The van der Waals surface area contributed by atoms with E-state index in [1.807, 2.05) is 13.2 Å². The average Bonchev–Trinajstić information content (AvgIpc) is 2.20. The van der Waals surface area contributed by atoms with Gasteiger partial charge in [0.1, 0.15) is 0 Å². The second kappa shape index (κ2) is 4.92. The van der Waals surface area contributed by atoms with Crippen LogP contribution >= 0.6 is 0 Å². The molecule has 72 valence electrons. The largest absolute Gasteiger partial charge is 0.317 e. The van der Waals surface area contributed by atoms with Gasteiger partial charge >= 0.3 is 0 Å². The smallest absolute Gasteiger partial charge is 0.0632 e. The molecule has 2 unspecified atom stereocenters. The van der Waals surface area contributed by atoms with Gasteiger partial charge in [0.05, 0.1) is 5.69 Å². The van der Waals surface area contributed by atoms with Crippen LogP contribution in [0.3, 0.4) is 0 Å². The van der Waals surface area contributed by atoms with E-state index >= 15 is 0 Å². The van der Waals surface area contributed by atoms with E-state index in [4.69, 9.17) is 0 Å². The predicted octanol–water partition coefficient (Wildman–Crippen LogP) is 1.58. The number of hydrogen-bond donors (Lipinski definition) is 1. The van der Waals surface area contributed by atoms with Gasteiger partial charge in [-0.3, -0.25) is 9.97 Å². The van der Waals surface area contributed by atoms with Crippen molar-refractivity contribution in [2.24, 2.45) is 0 Å². The van der Waals surface area contributed by atoms with Crippen molar-refractivity contribution in [3.05, 3.63) is 24.3 Å². The summed E-state index contributed by atoms with van der Waals surface area (Å²) in [5.74, 6) is 0.457. The Morgan fingerprint density at radius 2 is 2.23 bits per heavy atom. The van der Waals surface area contributed by atoms with E-state index < -0.39 is 0 Å². The van der Waals surface area contributed by atoms with Gasteiger partial charge in [-0.2, -0.15) is 0 Å². The van der Waals surface area contributed by atoms with Crippen molar-refractivity contribution >= 4 is 0 Å². The van der Waals surface area contributed by atoms with Crippen LogP contribution in [-0.4, -0.2) is 23.1 Å². The molecule has 1 aromatic heterocycles. The van der Waals surface area contributed by atoms with Gasteiger partial charge in [0.25, 0.3) is 0 Å². The molecule has 0 amide bonds. The van der Waals surface area contributed by atoms with Gasteiger partial charge in [-0.15, -0.1) is 0 Å². The number of hydrogen-bond acceptors (Lipinski definition) is 3. The van der Waals surface area contributed by atoms with Gasteiger partial charge in [-0.1, -0.05) is 6.92 Å². The Hall–Kier alpha value is -0.960. The molecule has 13 heavy (non-hydrogen) atoms. The van der Waals surface area contributed by atoms with Crippen LogP contribution in [0.2, 0.25) is 0 Å². The van der Waals surface area contributed by atoms with Crippen LogP contribution in [0.15, 0.2) is 18.6 Å². The molecule has 1 heterocycles. The third-order valence-electron chi connectivity index (χ3n) is 2.46. The number of aromatic nitrogens is 2. The summed E-state index contributed by atoms with van der Waals surface area (Å²) in [6.07, 6.45) is 6.39. The molecule has 1 N–H and O–H groups in total. The summed E-state index contributed by atoms with van der Waals surface area (Å²) in [6, 6.07) is 0.446. The minimum atomic E-state index is 0.446. The fourth-order valence-corrected chi connectivity index (χ4v) is 1.52. The average molecular weight is 179 g/mol. The molecule has 0 fully saturated rings. The first kappa shape index (κ1) is 10.1. The highest BCUT2D eigenvalue weighted by molar-refractivity contribution is 5.06. The third kappa shape index (κ3) is 2.49. The second-order valence-electron chi connectivity index (χ2n) is 3.22. The second-order valence-corrected chi connectivity index (χ2v) is 3.22. The van der Waals surface area contributed by atoms with E-state index in [0.29, 0.717) is 12.0 Å². The fraction of sp³-hybridized carbons (Fsp3) is 0.600. The summed E-state index contributed by atoms with van der Waals surface area (Å²) >= 11 is 0. The predicted molar refractivity (Wildman–Crippen MR) is 53.6 cm³/mol. The molecule has 0 spiro atoms. The molecule has 0 aromatic carbocycles. The first-order chi connectivity index (χ1) is 6.29. The summed E-state index contributed by atoms with van der Waals surface area (Å²) in [5.41, 5.74) is 1.08. The first-order valence-corrected chi connectivity index (χ1v) is 4.72. The highest BCUT2D eigenvalue weighted by Crippen LogP contribution is 2.19. The molecule has 0 saturated heterocycles. The molecule has 3 heteroatoms. The van der Waals surface area contributed by atoms with E-state index in [9.17, 15) is 0 Å². The summed E-state index contributed by atoms with van der Waals surface area (Å²) in [5, 5.41) is 3.25. The van der Waals surface area contributed by atoms with Gasteiger partial charge in [-0.05, 0) is 20.4 Å². The van der Waals surface area contributed by atoms with E-state index in [0.717, 1.165) is 12.1 Å². The molecule has 0 aliphatic carbocycles. The Balaban J connectivity index is 2.78. The zero-order valence-corrected chi connectivity index (χ0v) is 8.49. The van der Waals surface area contributed by atoms with Gasteiger partial charge in [0.15, 0.2) is 0 Å². The Kier molecular flexibility index (Phi) is 3.83. The summed E-state index contributed by atoms with van der Waals surface area (Å²) in [6.45, 7) is 4.34. The zero-order chi connectivity index (χ0) is 9.68. The highest BCUT2D eigenvalue weighted by atomic mass is 14.9. The molecule has 0 aliphatic rings. The van der Waals surface area contributed by atoms with Gasteiger partial charge in [-0.25, -0.2) is 0 Å². The third-order valence-corrected chi connectivity index (χ3v) is 2.46. The minimum Gasteiger partial charge on any atom is -0.317 e. The molecule has 1 rings (SSSR count). The number of nitrogens with zero attached hydrogens (tertiary/aromatic N) is 2. The molecule has 0 bridgehead atoms. The Morgan fingerprint density at radius 1 is 1.46 bits per heavy atom. The van der Waals surface area contributed by atoms with Crippen LogP contribution in [0.1, 0.15) is 31.9 Å². The lowest BCUT2D eigenvalue weighted by molar-refractivity contribution is 0.473. The van der Waals surface area contributed by atoms with Crippen LogP contribution in [0, 0.1) is 0 Å². The molecule has 3 nitrogen and oxygen atoms in total. The molecule has 0 radical (unpaired) electrons. The van der Waals surface area contributed by atoms with Crippen molar-refractivity contribution in [1.82, 2.24) is 15.3 Å². The highest BCUT2D eigenvalue weighted by Gasteiger charge is 2.16. The monoisotopic (exact) mass is 179 g/mol. The maximum atomic E-state index is 4.32. The zero-order valence-electron chi connectivity index (χ0n) is 8.49. The van der Waals surface area contributed by atoms with Crippen molar-refractivity contribution in [3.63, 3.8) is 0 Å². The van der Waals surface area contributed by atoms with Crippen molar-refractivity contribution in [2.45, 2.75) is 32.2 Å². The van der Waals surface area contributed by atoms with Crippen LogP contribution in [0.25, 0.3) is 0 Å². The van der Waals surface area contributed by atoms with Crippen molar-refractivity contribution in [1.29, 1.82) is 0 Å². The van der Waals surface area contributed by atoms with Gasteiger partial charge in [0, 0.05) is 30.6 Å². The van der Waals surface area contributed by atoms with Crippen LogP contribution < -0.4 is 5.32 Å². The quantitative estimate of drug-likeness (QED) is 0.762. The minimum absolute atomic E-state index is 0.446. The lowest BCUT2D eigenvalue weighted by atomic mass is 9.95. The standard InChI is InChI=1S/C10H17N3/c1-4-9(8(2)11-3)10-7-12-5-6-13-10/h5-9,11H,4H2,1-3H3. The summed E-state index contributed by atoms with van der Waals surface area (Å²) in [7, 11) is 1.98. The van der Waals surface area contributed by atoms with Crippen molar-refractivity contribution in [2.75, 3.05) is 7.05 Å². The lowest BCUT2D eigenvalue weighted by Crippen LogP contribution is -2.29. The van der Waals surface area contributed by atoms with E-state index in [1.165, 1.54) is 0 Å². The van der Waals surface area contributed by atoms with E-state index in [2.05, 4.69) is 29.1 Å². The maximum Gasteiger partial charge on any atom is 0.0632 e. The Morgan fingerprint density at radius 3 is 2.69 bits per heavy atom. The number of rotatable bonds is 4. The molecule has 2 atom stereocenters. The fourth-order valence-electron chi connectivity index (χ4n) is 1.52. The van der Waals surface area contributed by atoms with Crippen LogP contribution in [0.4, 0.5) is 0 Å². The topological polar surface area (TPSA) is 37.8 Å².